The Bertz CT molecular complexity index is 331. The second kappa shape index (κ2) is 8.31. The van der Waals surface area contributed by atoms with E-state index in [1.165, 1.54) is 12.8 Å². The number of aliphatic hydroxyl groups excluding tert-OH is 1. The van der Waals surface area contributed by atoms with Crippen molar-refractivity contribution in [2.24, 2.45) is 0 Å². The third kappa shape index (κ3) is 5.31. The van der Waals surface area contributed by atoms with E-state index < -0.39 is 6.10 Å². The van der Waals surface area contributed by atoms with Crippen LogP contribution in [0.3, 0.4) is 0 Å². The van der Waals surface area contributed by atoms with E-state index in [9.17, 15) is 5.11 Å². The Labute approximate surface area is 115 Å². The molecule has 0 aromatic heterocycles. The summed E-state index contributed by atoms with van der Waals surface area (Å²) in [4.78, 5) is 0. The fourth-order valence-corrected chi connectivity index (χ4v) is 2.40. The molecule has 1 aliphatic heterocycles. The SMILES string of the molecule is O[C@@H](COCc1ccccc1)[C@H]1CCCCCCO1. The van der Waals surface area contributed by atoms with E-state index in [2.05, 4.69) is 0 Å². The Morgan fingerprint density at radius 3 is 2.79 bits per heavy atom. The van der Waals surface area contributed by atoms with Crippen LogP contribution in [0.25, 0.3) is 0 Å². The molecule has 19 heavy (non-hydrogen) atoms. The molecule has 1 heterocycles. The van der Waals surface area contributed by atoms with Crippen LogP contribution >= 0.6 is 0 Å². The topological polar surface area (TPSA) is 38.7 Å². The molecule has 0 spiro atoms. The number of hydrogen-bond acceptors (Lipinski definition) is 3. The maximum Gasteiger partial charge on any atom is 0.103 e. The first-order valence-corrected chi connectivity index (χ1v) is 7.27. The minimum absolute atomic E-state index is 0.0592. The molecule has 3 nitrogen and oxygen atoms in total. The third-order valence-corrected chi connectivity index (χ3v) is 3.54. The van der Waals surface area contributed by atoms with Gasteiger partial charge in [0.15, 0.2) is 0 Å². The number of aliphatic hydroxyl groups is 1. The average Bonchev–Trinajstić information content (AvgIpc) is 2.39. The molecule has 1 saturated heterocycles. The van der Waals surface area contributed by atoms with E-state index >= 15 is 0 Å². The van der Waals surface area contributed by atoms with E-state index in [-0.39, 0.29) is 6.10 Å². The highest BCUT2D eigenvalue weighted by Crippen LogP contribution is 2.16. The molecule has 3 heteroatoms. The summed E-state index contributed by atoms with van der Waals surface area (Å²) in [5.41, 5.74) is 1.13. The van der Waals surface area contributed by atoms with Crippen LogP contribution in [-0.2, 0) is 16.1 Å². The molecule has 0 unspecified atom stereocenters. The molecule has 106 valence electrons. The van der Waals surface area contributed by atoms with Gasteiger partial charge in [-0.15, -0.1) is 0 Å². The van der Waals surface area contributed by atoms with Crippen LogP contribution in [0.1, 0.15) is 37.7 Å². The quantitative estimate of drug-likeness (QED) is 0.888. The van der Waals surface area contributed by atoms with E-state index in [4.69, 9.17) is 9.47 Å². The Morgan fingerprint density at radius 2 is 1.95 bits per heavy atom. The van der Waals surface area contributed by atoms with Gasteiger partial charge in [0.05, 0.1) is 19.3 Å². The van der Waals surface area contributed by atoms with Gasteiger partial charge in [0, 0.05) is 6.61 Å². The van der Waals surface area contributed by atoms with Crippen LogP contribution in [0, 0.1) is 0 Å². The summed E-state index contributed by atoms with van der Waals surface area (Å²) in [5.74, 6) is 0. The lowest BCUT2D eigenvalue weighted by Crippen LogP contribution is -2.34. The maximum atomic E-state index is 10.1. The first-order chi connectivity index (χ1) is 9.36. The highest BCUT2D eigenvalue weighted by atomic mass is 16.5. The number of benzene rings is 1. The van der Waals surface area contributed by atoms with Gasteiger partial charge in [-0.2, -0.15) is 0 Å². The molecule has 2 atom stereocenters. The van der Waals surface area contributed by atoms with Crippen molar-refractivity contribution in [1.82, 2.24) is 0 Å². The summed E-state index contributed by atoms with van der Waals surface area (Å²) < 4.78 is 11.3. The third-order valence-electron chi connectivity index (χ3n) is 3.54. The Hall–Kier alpha value is -0.900. The fraction of sp³-hybridized carbons (Fsp3) is 0.625. The molecule has 1 aromatic carbocycles. The number of ether oxygens (including phenoxy) is 2. The lowest BCUT2D eigenvalue weighted by molar-refractivity contribution is -0.0820. The van der Waals surface area contributed by atoms with Crippen molar-refractivity contribution in [3.05, 3.63) is 35.9 Å². The van der Waals surface area contributed by atoms with Gasteiger partial charge in [-0.25, -0.2) is 0 Å². The summed E-state index contributed by atoms with van der Waals surface area (Å²) in [7, 11) is 0. The van der Waals surface area contributed by atoms with E-state index in [1.807, 2.05) is 30.3 Å². The van der Waals surface area contributed by atoms with Crippen molar-refractivity contribution in [3.63, 3.8) is 0 Å². The molecule has 0 saturated carbocycles. The minimum atomic E-state index is -0.512. The van der Waals surface area contributed by atoms with Gasteiger partial charge in [0.25, 0.3) is 0 Å². The summed E-state index contributed by atoms with van der Waals surface area (Å²) in [6, 6.07) is 10.0. The number of hydrogen-bond donors (Lipinski definition) is 1. The van der Waals surface area contributed by atoms with Gasteiger partial charge in [0.1, 0.15) is 6.10 Å². The lowest BCUT2D eigenvalue weighted by Gasteiger charge is -2.25. The molecule has 2 rings (SSSR count). The van der Waals surface area contributed by atoms with E-state index in [1.54, 1.807) is 0 Å². The largest absolute Gasteiger partial charge is 0.388 e. The van der Waals surface area contributed by atoms with Crippen LogP contribution in [0.15, 0.2) is 30.3 Å². The summed E-state index contributed by atoms with van der Waals surface area (Å²) in [6.07, 6.45) is 5.10. The Balaban J connectivity index is 1.69. The first-order valence-electron chi connectivity index (χ1n) is 7.27. The van der Waals surface area contributed by atoms with Crippen LogP contribution in [0.4, 0.5) is 0 Å². The van der Waals surface area contributed by atoms with Crippen molar-refractivity contribution in [2.75, 3.05) is 13.2 Å². The van der Waals surface area contributed by atoms with Crippen LogP contribution in [0.2, 0.25) is 0 Å². The predicted molar refractivity (Wildman–Crippen MR) is 74.9 cm³/mol. The Kier molecular flexibility index (Phi) is 6.34. The zero-order valence-electron chi connectivity index (χ0n) is 11.5. The number of rotatable bonds is 5. The van der Waals surface area contributed by atoms with Crippen molar-refractivity contribution < 1.29 is 14.6 Å². The van der Waals surface area contributed by atoms with Crippen molar-refractivity contribution >= 4 is 0 Å². The molecule has 1 N–H and O–H groups in total. The molecular weight excluding hydrogens is 240 g/mol. The molecule has 0 bridgehead atoms. The highest BCUT2D eigenvalue weighted by molar-refractivity contribution is 5.13. The highest BCUT2D eigenvalue weighted by Gasteiger charge is 2.20. The first kappa shape index (κ1) is 14.5. The summed E-state index contributed by atoms with van der Waals surface area (Å²) >= 11 is 0. The van der Waals surface area contributed by atoms with Crippen molar-refractivity contribution in [2.45, 2.75) is 50.9 Å². The molecular formula is C16H24O3. The van der Waals surface area contributed by atoms with Crippen molar-refractivity contribution in [3.8, 4) is 0 Å². The predicted octanol–water partition coefficient (Wildman–Crippen LogP) is 2.91. The van der Waals surface area contributed by atoms with Gasteiger partial charge < -0.3 is 14.6 Å². The molecule has 1 aliphatic rings. The second-order valence-electron chi connectivity index (χ2n) is 5.18. The summed E-state index contributed by atoms with van der Waals surface area (Å²) in [5, 5.41) is 10.1. The van der Waals surface area contributed by atoms with Gasteiger partial charge >= 0.3 is 0 Å². The van der Waals surface area contributed by atoms with Gasteiger partial charge in [-0.05, 0) is 18.4 Å². The zero-order valence-corrected chi connectivity index (χ0v) is 11.5. The van der Waals surface area contributed by atoms with Crippen LogP contribution in [-0.4, -0.2) is 30.5 Å². The van der Waals surface area contributed by atoms with Crippen molar-refractivity contribution in [1.29, 1.82) is 0 Å². The van der Waals surface area contributed by atoms with Crippen LogP contribution in [0.5, 0.6) is 0 Å². The zero-order chi connectivity index (χ0) is 13.3. The van der Waals surface area contributed by atoms with Gasteiger partial charge in [-0.3, -0.25) is 0 Å². The van der Waals surface area contributed by atoms with E-state index in [0.717, 1.165) is 31.4 Å². The molecule has 1 aromatic rings. The molecule has 0 amide bonds. The van der Waals surface area contributed by atoms with Crippen LogP contribution < -0.4 is 0 Å². The standard InChI is InChI=1S/C16H24O3/c17-15(16-10-6-1-2-7-11-19-16)13-18-12-14-8-4-3-5-9-14/h3-5,8-9,15-17H,1-2,6-7,10-13H2/t15-,16+/m0/s1. The molecule has 0 radical (unpaired) electrons. The normalized spacial score (nSPS) is 22.5. The monoisotopic (exact) mass is 264 g/mol. The minimum Gasteiger partial charge on any atom is -0.388 e. The fourth-order valence-electron chi connectivity index (χ4n) is 2.40. The second-order valence-corrected chi connectivity index (χ2v) is 5.18. The summed E-state index contributed by atoms with van der Waals surface area (Å²) in [6.45, 7) is 1.66. The molecule has 1 fully saturated rings. The lowest BCUT2D eigenvalue weighted by atomic mass is 10.0. The Morgan fingerprint density at radius 1 is 1.16 bits per heavy atom. The average molecular weight is 264 g/mol. The maximum absolute atomic E-state index is 10.1. The van der Waals surface area contributed by atoms with Gasteiger partial charge in [-0.1, -0.05) is 49.6 Å². The smallest absolute Gasteiger partial charge is 0.103 e. The van der Waals surface area contributed by atoms with E-state index in [0.29, 0.717) is 13.2 Å². The molecule has 0 aliphatic carbocycles. The van der Waals surface area contributed by atoms with Gasteiger partial charge in [0.2, 0.25) is 0 Å².